The summed E-state index contributed by atoms with van der Waals surface area (Å²) < 4.78 is 0. The lowest BCUT2D eigenvalue weighted by atomic mass is 10.4. The lowest BCUT2D eigenvalue weighted by Gasteiger charge is -1.93. The molecule has 0 saturated carbocycles. The van der Waals surface area contributed by atoms with E-state index in [-0.39, 0.29) is 0 Å². The maximum absolute atomic E-state index is 9.05. The zero-order valence-electron chi connectivity index (χ0n) is 5.53. The highest BCUT2D eigenvalue weighted by Crippen LogP contribution is 2.16. The molecule has 0 saturated heterocycles. The Hall–Kier alpha value is -0.850. The number of thiazole rings is 1. The van der Waals surface area contributed by atoms with Crippen molar-refractivity contribution in [3.8, 4) is 12.3 Å². The van der Waals surface area contributed by atoms with E-state index in [1.165, 1.54) is 11.3 Å². The fourth-order valence-corrected chi connectivity index (χ4v) is 1.31. The van der Waals surface area contributed by atoms with Gasteiger partial charge in [-0.1, -0.05) is 5.92 Å². The molecule has 0 spiro atoms. The number of terminal acetylenes is 1. The summed E-state index contributed by atoms with van der Waals surface area (Å²) in [4.78, 5) is 4.01. The molecule has 52 valence electrons. The summed E-state index contributed by atoms with van der Waals surface area (Å²) in [6.07, 6.45) is 4.15. The van der Waals surface area contributed by atoms with Crippen LogP contribution in [-0.2, 0) is 0 Å². The highest BCUT2D eigenvalue weighted by Gasteiger charge is 2.05. The monoisotopic (exact) mass is 153 g/mol. The van der Waals surface area contributed by atoms with Gasteiger partial charge in [0, 0.05) is 11.1 Å². The molecule has 1 aromatic rings. The van der Waals surface area contributed by atoms with Crippen molar-refractivity contribution in [2.75, 3.05) is 0 Å². The Balaban J connectivity index is 2.87. The molecular formula is C7H7NOS. The van der Waals surface area contributed by atoms with Gasteiger partial charge in [0.2, 0.25) is 0 Å². The summed E-state index contributed by atoms with van der Waals surface area (Å²) in [5.41, 5.74) is 0.898. The van der Waals surface area contributed by atoms with Crippen LogP contribution in [0.25, 0.3) is 0 Å². The predicted octanol–water partition coefficient (Wildman–Crippen LogP) is 1.12. The quantitative estimate of drug-likeness (QED) is 0.613. The Bertz CT molecular complexity index is 261. The van der Waals surface area contributed by atoms with Crippen molar-refractivity contribution in [1.29, 1.82) is 0 Å². The van der Waals surface area contributed by atoms with Crippen LogP contribution in [0.15, 0.2) is 5.38 Å². The Morgan fingerprint density at radius 1 is 1.90 bits per heavy atom. The number of aryl methyl sites for hydroxylation is 1. The standard InChI is InChI=1S/C7H7NOS/c1-3-6(9)7-8-5(2)4-10-7/h1,4,6,9H,2H3/t6-/m0/s1. The van der Waals surface area contributed by atoms with Crippen molar-refractivity contribution in [1.82, 2.24) is 4.98 Å². The first-order valence-electron chi connectivity index (χ1n) is 2.80. The third-order valence-electron chi connectivity index (χ3n) is 1.03. The van der Waals surface area contributed by atoms with Gasteiger partial charge in [-0.15, -0.1) is 17.8 Å². The Kier molecular flexibility index (Phi) is 2.05. The van der Waals surface area contributed by atoms with E-state index in [0.717, 1.165) is 5.69 Å². The van der Waals surface area contributed by atoms with Crippen LogP contribution in [0.5, 0.6) is 0 Å². The van der Waals surface area contributed by atoms with Crippen LogP contribution in [0.4, 0.5) is 0 Å². The second-order valence-corrected chi connectivity index (χ2v) is 2.79. The van der Waals surface area contributed by atoms with E-state index in [1.807, 2.05) is 12.3 Å². The molecule has 0 unspecified atom stereocenters. The first-order chi connectivity index (χ1) is 4.74. The van der Waals surface area contributed by atoms with E-state index in [0.29, 0.717) is 5.01 Å². The van der Waals surface area contributed by atoms with Crippen LogP contribution in [0.3, 0.4) is 0 Å². The predicted molar refractivity (Wildman–Crippen MR) is 40.6 cm³/mol. The summed E-state index contributed by atoms with van der Waals surface area (Å²) in [7, 11) is 0. The maximum atomic E-state index is 9.05. The first-order valence-corrected chi connectivity index (χ1v) is 3.68. The third-order valence-corrected chi connectivity index (χ3v) is 2.04. The molecule has 1 rings (SSSR count). The van der Waals surface area contributed by atoms with Gasteiger partial charge in [0.25, 0.3) is 0 Å². The van der Waals surface area contributed by atoms with Gasteiger partial charge in [0.05, 0.1) is 0 Å². The van der Waals surface area contributed by atoms with E-state index in [4.69, 9.17) is 11.5 Å². The molecule has 0 aliphatic carbocycles. The Morgan fingerprint density at radius 2 is 2.60 bits per heavy atom. The fraction of sp³-hybridized carbons (Fsp3) is 0.286. The van der Waals surface area contributed by atoms with Crippen molar-refractivity contribution < 1.29 is 5.11 Å². The molecule has 1 atom stereocenters. The van der Waals surface area contributed by atoms with E-state index >= 15 is 0 Å². The molecule has 1 N–H and O–H groups in total. The minimum Gasteiger partial charge on any atom is -0.374 e. The van der Waals surface area contributed by atoms with E-state index in [9.17, 15) is 0 Å². The van der Waals surface area contributed by atoms with Crippen LogP contribution < -0.4 is 0 Å². The van der Waals surface area contributed by atoms with Gasteiger partial charge in [-0.3, -0.25) is 0 Å². The summed E-state index contributed by atoms with van der Waals surface area (Å²) in [6.45, 7) is 1.86. The SMILES string of the molecule is C#C[C@H](O)c1nc(C)cs1. The van der Waals surface area contributed by atoms with Crippen molar-refractivity contribution >= 4 is 11.3 Å². The molecule has 0 radical (unpaired) electrons. The number of aliphatic hydroxyl groups is 1. The first kappa shape index (κ1) is 7.26. The lowest BCUT2D eigenvalue weighted by molar-refractivity contribution is 0.238. The smallest absolute Gasteiger partial charge is 0.166 e. The van der Waals surface area contributed by atoms with Crippen LogP contribution in [0.2, 0.25) is 0 Å². The molecule has 0 aliphatic rings. The van der Waals surface area contributed by atoms with Crippen LogP contribution in [0.1, 0.15) is 16.8 Å². The molecule has 10 heavy (non-hydrogen) atoms. The number of nitrogens with zero attached hydrogens (tertiary/aromatic N) is 1. The molecule has 0 fully saturated rings. The van der Waals surface area contributed by atoms with Gasteiger partial charge in [-0.05, 0) is 6.92 Å². The molecule has 0 aromatic carbocycles. The van der Waals surface area contributed by atoms with E-state index in [1.54, 1.807) is 0 Å². The summed E-state index contributed by atoms with van der Waals surface area (Å²) in [5.74, 6) is 2.20. The summed E-state index contributed by atoms with van der Waals surface area (Å²) in [5, 5.41) is 11.5. The van der Waals surface area contributed by atoms with Crippen molar-refractivity contribution in [2.45, 2.75) is 13.0 Å². The number of aromatic nitrogens is 1. The fourth-order valence-electron chi connectivity index (χ4n) is 0.569. The van der Waals surface area contributed by atoms with E-state index in [2.05, 4.69) is 10.9 Å². The molecule has 0 bridgehead atoms. The van der Waals surface area contributed by atoms with Crippen molar-refractivity contribution in [2.24, 2.45) is 0 Å². The Morgan fingerprint density at radius 3 is 3.00 bits per heavy atom. The van der Waals surface area contributed by atoms with Gasteiger partial charge in [-0.25, -0.2) is 4.98 Å². The average Bonchev–Trinajstić information content (AvgIpc) is 2.34. The average molecular weight is 153 g/mol. The second-order valence-electron chi connectivity index (χ2n) is 1.90. The maximum Gasteiger partial charge on any atom is 0.166 e. The normalized spacial score (nSPS) is 12.5. The number of aliphatic hydroxyl groups excluding tert-OH is 1. The summed E-state index contributed by atoms with van der Waals surface area (Å²) >= 11 is 1.38. The molecular weight excluding hydrogens is 146 g/mol. The van der Waals surface area contributed by atoms with Crippen molar-refractivity contribution in [3.05, 3.63) is 16.1 Å². The zero-order valence-corrected chi connectivity index (χ0v) is 6.35. The van der Waals surface area contributed by atoms with Gasteiger partial charge in [0.1, 0.15) is 5.01 Å². The van der Waals surface area contributed by atoms with Gasteiger partial charge in [-0.2, -0.15) is 0 Å². The number of rotatable bonds is 1. The molecule has 1 heterocycles. The number of hydrogen-bond donors (Lipinski definition) is 1. The second kappa shape index (κ2) is 2.82. The van der Waals surface area contributed by atoms with Crippen molar-refractivity contribution in [3.63, 3.8) is 0 Å². The topological polar surface area (TPSA) is 33.1 Å². The Labute approximate surface area is 63.5 Å². The number of hydrogen-bond acceptors (Lipinski definition) is 3. The summed E-state index contributed by atoms with van der Waals surface area (Å²) in [6, 6.07) is 0. The molecule has 3 heteroatoms. The zero-order chi connectivity index (χ0) is 7.56. The largest absolute Gasteiger partial charge is 0.374 e. The molecule has 2 nitrogen and oxygen atoms in total. The van der Waals surface area contributed by atoms with Crippen LogP contribution in [0, 0.1) is 19.3 Å². The minimum atomic E-state index is -0.835. The highest BCUT2D eigenvalue weighted by atomic mass is 32.1. The van der Waals surface area contributed by atoms with Crippen LogP contribution >= 0.6 is 11.3 Å². The third kappa shape index (κ3) is 1.35. The highest BCUT2D eigenvalue weighted by molar-refractivity contribution is 7.09. The molecule has 0 aliphatic heterocycles. The lowest BCUT2D eigenvalue weighted by Crippen LogP contribution is -1.91. The minimum absolute atomic E-state index is 0.597. The van der Waals surface area contributed by atoms with Gasteiger partial charge >= 0.3 is 0 Å². The van der Waals surface area contributed by atoms with Gasteiger partial charge < -0.3 is 5.11 Å². The molecule has 1 aromatic heterocycles. The van der Waals surface area contributed by atoms with Crippen LogP contribution in [-0.4, -0.2) is 10.1 Å². The molecule has 0 amide bonds. The van der Waals surface area contributed by atoms with Gasteiger partial charge in [0.15, 0.2) is 6.10 Å². The van der Waals surface area contributed by atoms with E-state index < -0.39 is 6.10 Å².